The lowest BCUT2D eigenvalue weighted by molar-refractivity contribution is -0.125. The third kappa shape index (κ3) is 4.24. The van der Waals surface area contributed by atoms with E-state index in [2.05, 4.69) is 31.0 Å². The van der Waals surface area contributed by atoms with E-state index >= 15 is 0 Å². The van der Waals surface area contributed by atoms with Gasteiger partial charge in [-0.15, -0.1) is 0 Å². The first kappa shape index (κ1) is 17.8. The van der Waals surface area contributed by atoms with E-state index in [1.165, 1.54) is 5.56 Å². The van der Waals surface area contributed by atoms with Gasteiger partial charge in [0.15, 0.2) is 0 Å². The maximum Gasteiger partial charge on any atom is 0.237 e. The van der Waals surface area contributed by atoms with Crippen LogP contribution in [0.4, 0.5) is 0 Å². The van der Waals surface area contributed by atoms with E-state index in [1.54, 1.807) is 6.07 Å². The quantitative estimate of drug-likeness (QED) is 0.790. The first-order chi connectivity index (χ1) is 10.7. The molecule has 5 heteroatoms. The highest BCUT2D eigenvalue weighted by molar-refractivity contribution is 5.82. The van der Waals surface area contributed by atoms with Crippen LogP contribution in [0.2, 0.25) is 0 Å². The van der Waals surface area contributed by atoms with Crippen LogP contribution in [-0.4, -0.2) is 41.1 Å². The van der Waals surface area contributed by atoms with Crippen molar-refractivity contribution in [2.45, 2.75) is 58.2 Å². The number of phenols is 1. The molecule has 1 fully saturated rings. The average Bonchev–Trinajstić information content (AvgIpc) is 2.81. The lowest BCUT2D eigenvalue weighted by atomic mass is 9.86. The number of hydrogen-bond acceptors (Lipinski definition) is 4. The summed E-state index contributed by atoms with van der Waals surface area (Å²) < 4.78 is 0. The van der Waals surface area contributed by atoms with Crippen LogP contribution in [0.1, 0.15) is 45.2 Å². The molecule has 4 N–H and O–H groups in total. The summed E-state index contributed by atoms with van der Waals surface area (Å²) in [6, 6.07) is 5.51. The van der Waals surface area contributed by atoms with Crippen molar-refractivity contribution in [3.05, 3.63) is 29.3 Å². The van der Waals surface area contributed by atoms with Crippen LogP contribution in [0.15, 0.2) is 18.2 Å². The number of nitrogens with two attached hydrogens (primary N) is 1. The van der Waals surface area contributed by atoms with E-state index < -0.39 is 0 Å². The van der Waals surface area contributed by atoms with Crippen LogP contribution in [0.25, 0.3) is 0 Å². The summed E-state index contributed by atoms with van der Waals surface area (Å²) in [6.07, 6.45) is 0.658. The summed E-state index contributed by atoms with van der Waals surface area (Å²) in [5.74, 6) is 0.292. The average molecular weight is 319 g/mol. The molecule has 23 heavy (non-hydrogen) atoms. The van der Waals surface area contributed by atoms with Crippen LogP contribution < -0.4 is 11.1 Å². The third-order valence-corrected chi connectivity index (χ3v) is 4.41. The van der Waals surface area contributed by atoms with E-state index in [9.17, 15) is 9.90 Å². The summed E-state index contributed by atoms with van der Waals surface area (Å²) >= 11 is 0. The Balaban J connectivity index is 2.21. The van der Waals surface area contributed by atoms with E-state index in [4.69, 9.17) is 5.73 Å². The van der Waals surface area contributed by atoms with Gasteiger partial charge in [-0.3, -0.25) is 9.69 Å². The number of likely N-dealkylation sites (N-methyl/N-ethyl adjacent to an activating group) is 1. The van der Waals surface area contributed by atoms with Crippen molar-refractivity contribution in [3.63, 3.8) is 0 Å². The Morgan fingerprint density at radius 3 is 2.74 bits per heavy atom. The molecule has 1 heterocycles. The summed E-state index contributed by atoms with van der Waals surface area (Å²) in [4.78, 5) is 14.3. The van der Waals surface area contributed by atoms with Gasteiger partial charge in [0.25, 0.3) is 0 Å². The van der Waals surface area contributed by atoms with Crippen molar-refractivity contribution in [2.24, 2.45) is 5.73 Å². The maximum atomic E-state index is 12.2. The highest BCUT2D eigenvalue weighted by Gasteiger charge is 2.35. The first-order valence-corrected chi connectivity index (χ1v) is 8.32. The van der Waals surface area contributed by atoms with Crippen LogP contribution in [-0.2, 0) is 16.8 Å². The second kappa shape index (κ2) is 6.89. The smallest absolute Gasteiger partial charge is 0.237 e. The predicted octanol–water partition coefficient (Wildman–Crippen LogP) is 1.73. The number of hydrogen-bond donors (Lipinski definition) is 3. The van der Waals surface area contributed by atoms with Crippen LogP contribution >= 0.6 is 0 Å². The van der Waals surface area contributed by atoms with Gasteiger partial charge < -0.3 is 16.2 Å². The minimum Gasteiger partial charge on any atom is -0.508 e. The number of likely N-dealkylation sites (tertiary alicyclic amines) is 1. The summed E-state index contributed by atoms with van der Waals surface area (Å²) in [5.41, 5.74) is 8.09. The topological polar surface area (TPSA) is 78.6 Å². The lowest BCUT2D eigenvalue weighted by Gasteiger charge is -2.25. The number of benzene rings is 1. The molecular formula is C18H29N3O2. The number of phenolic OH excluding ortho intramolecular Hbond substituents is 1. The first-order valence-electron chi connectivity index (χ1n) is 8.32. The molecule has 0 saturated carbocycles. The minimum atomic E-state index is -0.220. The number of carbonyl (C=O) groups is 1. The van der Waals surface area contributed by atoms with Gasteiger partial charge in [0, 0.05) is 31.2 Å². The number of carbonyl (C=O) groups excluding carboxylic acids is 1. The summed E-state index contributed by atoms with van der Waals surface area (Å²) in [5, 5.41) is 13.1. The molecule has 0 radical (unpaired) electrons. The highest BCUT2D eigenvalue weighted by Crippen LogP contribution is 2.29. The molecule has 0 spiro atoms. The molecule has 1 saturated heterocycles. The second-order valence-electron chi connectivity index (χ2n) is 7.43. The zero-order valence-electron chi connectivity index (χ0n) is 14.6. The molecule has 2 rings (SSSR count). The van der Waals surface area contributed by atoms with Gasteiger partial charge in [-0.25, -0.2) is 0 Å². The van der Waals surface area contributed by atoms with Crippen molar-refractivity contribution in [1.29, 1.82) is 0 Å². The molecule has 1 aromatic rings. The second-order valence-corrected chi connectivity index (χ2v) is 7.43. The molecule has 0 aromatic heterocycles. The number of amides is 1. The zero-order chi connectivity index (χ0) is 17.2. The van der Waals surface area contributed by atoms with Crippen molar-refractivity contribution < 1.29 is 9.90 Å². The Labute approximate surface area is 138 Å². The van der Waals surface area contributed by atoms with Gasteiger partial charge in [0.05, 0.1) is 6.04 Å². The normalized spacial score (nSPS) is 22.3. The molecule has 128 valence electrons. The number of rotatable bonds is 4. The summed E-state index contributed by atoms with van der Waals surface area (Å²) in [6.45, 7) is 10.2. The Hall–Kier alpha value is -1.59. The molecule has 0 aliphatic carbocycles. The molecular weight excluding hydrogens is 290 g/mol. The van der Waals surface area contributed by atoms with Gasteiger partial charge in [-0.1, -0.05) is 32.9 Å². The zero-order valence-corrected chi connectivity index (χ0v) is 14.6. The van der Waals surface area contributed by atoms with E-state index in [1.807, 2.05) is 19.1 Å². The number of aromatic hydroxyl groups is 1. The van der Waals surface area contributed by atoms with Gasteiger partial charge in [0.1, 0.15) is 5.75 Å². The van der Waals surface area contributed by atoms with E-state index in [0.717, 1.165) is 5.56 Å². The molecule has 1 amide bonds. The molecule has 1 aliphatic rings. The standard InChI is InChI=1S/C18H29N3O2/c1-5-20-17(23)15-9-14(19)11-21(15)10-12-8-13(18(2,3)4)6-7-16(12)22/h6-8,14-15,22H,5,9-11,19H2,1-4H3,(H,20,23)/t14-,15+/m1/s1. The van der Waals surface area contributed by atoms with Crippen LogP contribution in [0.5, 0.6) is 5.75 Å². The van der Waals surface area contributed by atoms with Crippen LogP contribution in [0.3, 0.4) is 0 Å². The highest BCUT2D eigenvalue weighted by atomic mass is 16.3. The fourth-order valence-electron chi connectivity index (χ4n) is 3.08. The fraction of sp³-hybridized carbons (Fsp3) is 0.611. The van der Waals surface area contributed by atoms with E-state index in [-0.39, 0.29) is 29.2 Å². The Morgan fingerprint density at radius 2 is 2.13 bits per heavy atom. The largest absolute Gasteiger partial charge is 0.508 e. The monoisotopic (exact) mass is 319 g/mol. The van der Waals surface area contributed by atoms with Crippen molar-refractivity contribution in [3.8, 4) is 5.75 Å². The Kier molecular flexibility index (Phi) is 5.32. The van der Waals surface area contributed by atoms with Crippen molar-refractivity contribution in [2.75, 3.05) is 13.1 Å². The molecule has 2 atom stereocenters. The third-order valence-electron chi connectivity index (χ3n) is 4.41. The maximum absolute atomic E-state index is 12.2. The van der Waals surface area contributed by atoms with Crippen molar-refractivity contribution in [1.82, 2.24) is 10.2 Å². The van der Waals surface area contributed by atoms with Crippen molar-refractivity contribution >= 4 is 5.91 Å². The molecule has 0 unspecified atom stereocenters. The van der Waals surface area contributed by atoms with Gasteiger partial charge in [-0.2, -0.15) is 0 Å². The van der Waals surface area contributed by atoms with Gasteiger partial charge in [0.2, 0.25) is 5.91 Å². The summed E-state index contributed by atoms with van der Waals surface area (Å²) in [7, 11) is 0. The minimum absolute atomic E-state index is 0.00412. The number of nitrogens with zero attached hydrogens (tertiary/aromatic N) is 1. The fourth-order valence-corrected chi connectivity index (χ4v) is 3.08. The molecule has 5 nitrogen and oxygen atoms in total. The number of nitrogens with one attached hydrogen (secondary N) is 1. The Morgan fingerprint density at radius 1 is 1.43 bits per heavy atom. The van der Waals surface area contributed by atoms with E-state index in [0.29, 0.717) is 26.1 Å². The van der Waals surface area contributed by atoms with Gasteiger partial charge in [-0.05, 0) is 30.4 Å². The Bertz CT molecular complexity index is 566. The lowest BCUT2D eigenvalue weighted by Crippen LogP contribution is -2.42. The molecule has 0 bridgehead atoms. The molecule has 1 aliphatic heterocycles. The van der Waals surface area contributed by atoms with Gasteiger partial charge >= 0.3 is 0 Å². The van der Waals surface area contributed by atoms with Crippen LogP contribution in [0, 0.1) is 0 Å². The predicted molar refractivity (Wildman–Crippen MR) is 92.3 cm³/mol. The SMILES string of the molecule is CCNC(=O)[C@@H]1C[C@@H](N)CN1Cc1cc(C(C)(C)C)ccc1O. The molecule has 1 aromatic carbocycles.